The first-order valence-corrected chi connectivity index (χ1v) is 8.64. The Bertz CT molecular complexity index is 872. The first-order valence-electron chi connectivity index (χ1n) is 7.50. The van der Waals surface area contributed by atoms with E-state index >= 15 is 0 Å². The third-order valence-corrected chi connectivity index (χ3v) is 4.12. The van der Waals surface area contributed by atoms with Gasteiger partial charge in [-0.1, -0.05) is 46.9 Å². The maximum absolute atomic E-state index is 6.15. The minimum absolute atomic E-state index is 0.428. The fourth-order valence-electron chi connectivity index (χ4n) is 2.18. The Kier molecular flexibility index (Phi) is 5.91. The second-order valence-corrected chi connectivity index (χ2v) is 6.50. The summed E-state index contributed by atoms with van der Waals surface area (Å²) >= 11 is 18.0. The maximum Gasteiger partial charge on any atom is 0.244 e. The highest BCUT2D eigenvalue weighted by Gasteiger charge is 2.05. The van der Waals surface area contributed by atoms with Crippen LogP contribution in [0.15, 0.2) is 48.7 Å². The lowest BCUT2D eigenvalue weighted by Crippen LogP contribution is -2.09. The molecule has 8 heteroatoms. The number of aromatic nitrogens is 3. The number of nitrogens with zero attached hydrogens (tertiary/aromatic N) is 3. The van der Waals surface area contributed by atoms with E-state index in [-0.39, 0.29) is 0 Å². The van der Waals surface area contributed by atoms with Crippen LogP contribution in [-0.4, -0.2) is 21.7 Å². The Hall–Kier alpha value is -2.08. The Balaban J connectivity index is 1.61. The molecule has 0 spiro atoms. The smallest absolute Gasteiger partial charge is 0.244 e. The van der Waals surface area contributed by atoms with Gasteiger partial charge in [0.2, 0.25) is 5.95 Å². The van der Waals surface area contributed by atoms with Gasteiger partial charge in [0.15, 0.2) is 5.82 Å². The molecule has 1 aromatic heterocycles. The molecule has 3 rings (SSSR count). The van der Waals surface area contributed by atoms with Crippen molar-refractivity contribution in [2.24, 2.45) is 0 Å². The Morgan fingerprint density at radius 3 is 2.60 bits per heavy atom. The molecule has 0 unspecified atom stereocenters. The number of benzene rings is 2. The van der Waals surface area contributed by atoms with Gasteiger partial charge in [0.1, 0.15) is 0 Å². The standard InChI is InChI=1S/C17H14Cl3N5/c18-12-3-1-2-11(8-12)6-7-21-17-24-16(10-22-25-17)23-15-5-4-13(19)9-14(15)20/h1-5,8-10H,6-7H2,(H2,21,23,24,25). The van der Waals surface area contributed by atoms with Crippen LogP contribution in [0.1, 0.15) is 5.56 Å². The quantitative estimate of drug-likeness (QED) is 0.599. The molecular formula is C17H14Cl3N5. The van der Waals surface area contributed by atoms with E-state index in [2.05, 4.69) is 25.8 Å². The van der Waals surface area contributed by atoms with E-state index < -0.39 is 0 Å². The van der Waals surface area contributed by atoms with Crippen LogP contribution in [0.4, 0.5) is 17.5 Å². The lowest BCUT2D eigenvalue weighted by molar-refractivity contribution is 0.929. The van der Waals surface area contributed by atoms with Crippen molar-refractivity contribution in [3.05, 3.63) is 69.3 Å². The molecule has 2 N–H and O–H groups in total. The molecule has 0 fully saturated rings. The molecule has 0 saturated heterocycles. The number of hydrogen-bond acceptors (Lipinski definition) is 5. The van der Waals surface area contributed by atoms with Crippen LogP contribution in [-0.2, 0) is 6.42 Å². The van der Waals surface area contributed by atoms with Crippen molar-refractivity contribution >= 4 is 52.3 Å². The average molecular weight is 395 g/mol. The molecule has 0 aliphatic carbocycles. The summed E-state index contributed by atoms with van der Waals surface area (Å²) in [7, 11) is 0. The monoisotopic (exact) mass is 393 g/mol. The van der Waals surface area contributed by atoms with Crippen molar-refractivity contribution in [2.75, 3.05) is 17.2 Å². The fourth-order valence-corrected chi connectivity index (χ4v) is 2.85. The SMILES string of the molecule is Clc1cccc(CCNc2nncc(Nc3ccc(Cl)cc3Cl)n2)c1. The third kappa shape index (κ3) is 5.19. The Morgan fingerprint density at radius 2 is 1.80 bits per heavy atom. The van der Waals surface area contributed by atoms with Crippen molar-refractivity contribution < 1.29 is 0 Å². The van der Waals surface area contributed by atoms with Crippen LogP contribution >= 0.6 is 34.8 Å². The van der Waals surface area contributed by atoms with E-state index in [0.717, 1.165) is 17.0 Å². The van der Waals surface area contributed by atoms with Gasteiger partial charge in [-0.05, 0) is 42.3 Å². The molecule has 0 amide bonds. The van der Waals surface area contributed by atoms with E-state index in [9.17, 15) is 0 Å². The second-order valence-electron chi connectivity index (χ2n) is 5.22. The molecule has 128 valence electrons. The van der Waals surface area contributed by atoms with E-state index in [0.29, 0.717) is 34.0 Å². The number of nitrogens with one attached hydrogen (secondary N) is 2. The number of anilines is 3. The summed E-state index contributed by atoms with van der Waals surface area (Å²) in [6.45, 7) is 0.660. The number of hydrogen-bond donors (Lipinski definition) is 2. The number of rotatable bonds is 6. The van der Waals surface area contributed by atoms with Crippen molar-refractivity contribution in [1.82, 2.24) is 15.2 Å². The van der Waals surface area contributed by atoms with Crippen molar-refractivity contribution in [1.29, 1.82) is 0 Å². The topological polar surface area (TPSA) is 62.7 Å². The molecule has 3 aromatic rings. The first-order chi connectivity index (χ1) is 12.1. The van der Waals surface area contributed by atoms with Crippen LogP contribution < -0.4 is 10.6 Å². The summed E-state index contributed by atoms with van der Waals surface area (Å²) in [6.07, 6.45) is 2.32. The third-order valence-electron chi connectivity index (χ3n) is 3.34. The molecule has 2 aromatic carbocycles. The minimum Gasteiger partial charge on any atom is -0.353 e. The summed E-state index contributed by atoms with van der Waals surface area (Å²) in [6, 6.07) is 12.9. The zero-order valence-electron chi connectivity index (χ0n) is 13.0. The Morgan fingerprint density at radius 1 is 0.960 bits per heavy atom. The van der Waals surface area contributed by atoms with Crippen molar-refractivity contribution in [3.63, 3.8) is 0 Å². The maximum atomic E-state index is 6.15. The fraction of sp³-hybridized carbons (Fsp3) is 0.118. The zero-order chi connectivity index (χ0) is 17.6. The molecule has 5 nitrogen and oxygen atoms in total. The molecule has 25 heavy (non-hydrogen) atoms. The highest BCUT2D eigenvalue weighted by molar-refractivity contribution is 6.36. The second kappa shape index (κ2) is 8.34. The van der Waals surface area contributed by atoms with E-state index in [4.69, 9.17) is 34.8 Å². The molecule has 0 bridgehead atoms. The summed E-state index contributed by atoms with van der Waals surface area (Å²) in [5.74, 6) is 0.960. The van der Waals surface area contributed by atoms with Crippen LogP contribution in [0.2, 0.25) is 15.1 Å². The lowest BCUT2D eigenvalue weighted by Gasteiger charge is -2.09. The minimum atomic E-state index is 0.428. The summed E-state index contributed by atoms with van der Waals surface area (Å²) in [4.78, 5) is 4.37. The van der Waals surface area contributed by atoms with Gasteiger partial charge in [-0.3, -0.25) is 0 Å². The molecule has 0 aliphatic rings. The number of halogens is 3. The van der Waals surface area contributed by atoms with Gasteiger partial charge in [0.25, 0.3) is 0 Å². The van der Waals surface area contributed by atoms with E-state index in [1.807, 2.05) is 24.3 Å². The molecule has 0 atom stereocenters. The van der Waals surface area contributed by atoms with Crippen LogP contribution in [0.3, 0.4) is 0 Å². The van der Waals surface area contributed by atoms with Gasteiger partial charge in [0.05, 0.1) is 16.9 Å². The molecule has 1 heterocycles. The van der Waals surface area contributed by atoms with Crippen molar-refractivity contribution in [2.45, 2.75) is 6.42 Å². The molecular weight excluding hydrogens is 381 g/mol. The van der Waals surface area contributed by atoms with Gasteiger partial charge in [-0.25, -0.2) is 0 Å². The van der Waals surface area contributed by atoms with Crippen LogP contribution in [0, 0.1) is 0 Å². The van der Waals surface area contributed by atoms with Gasteiger partial charge < -0.3 is 10.6 Å². The largest absolute Gasteiger partial charge is 0.353 e. The lowest BCUT2D eigenvalue weighted by atomic mass is 10.1. The van der Waals surface area contributed by atoms with Crippen LogP contribution in [0.25, 0.3) is 0 Å². The summed E-state index contributed by atoms with van der Waals surface area (Å²) < 4.78 is 0. The van der Waals surface area contributed by atoms with Crippen molar-refractivity contribution in [3.8, 4) is 0 Å². The molecule has 0 saturated carbocycles. The van der Waals surface area contributed by atoms with Gasteiger partial charge in [-0.2, -0.15) is 10.1 Å². The van der Waals surface area contributed by atoms with E-state index in [1.165, 1.54) is 6.20 Å². The molecule has 0 aliphatic heterocycles. The predicted molar refractivity (Wildman–Crippen MR) is 103 cm³/mol. The van der Waals surface area contributed by atoms with Gasteiger partial charge in [-0.15, -0.1) is 5.10 Å². The van der Waals surface area contributed by atoms with Crippen LogP contribution in [0.5, 0.6) is 0 Å². The average Bonchev–Trinajstić information content (AvgIpc) is 2.58. The molecule has 0 radical (unpaired) electrons. The highest BCUT2D eigenvalue weighted by atomic mass is 35.5. The zero-order valence-corrected chi connectivity index (χ0v) is 15.3. The predicted octanol–water partition coefficient (Wildman–Crippen LogP) is 5.23. The van der Waals surface area contributed by atoms with Gasteiger partial charge >= 0.3 is 0 Å². The summed E-state index contributed by atoms with van der Waals surface area (Å²) in [5.41, 5.74) is 1.83. The highest BCUT2D eigenvalue weighted by Crippen LogP contribution is 2.27. The first kappa shape index (κ1) is 17.7. The summed E-state index contributed by atoms with van der Waals surface area (Å²) in [5, 5.41) is 15.9. The van der Waals surface area contributed by atoms with E-state index in [1.54, 1.807) is 18.2 Å². The van der Waals surface area contributed by atoms with Gasteiger partial charge in [0, 0.05) is 16.6 Å². The Labute approximate surface area is 160 Å². The normalized spacial score (nSPS) is 10.5.